The maximum absolute atomic E-state index is 6.24. The zero-order chi connectivity index (χ0) is 13.3. The Balaban J connectivity index is 2.47. The number of benzene rings is 2. The molecule has 94 valence electrons. The summed E-state index contributed by atoms with van der Waals surface area (Å²) in [4.78, 5) is 0.0478. The Morgan fingerprint density at radius 1 is 1.00 bits per heavy atom. The van der Waals surface area contributed by atoms with Crippen molar-refractivity contribution in [3.05, 3.63) is 65.6 Å². The van der Waals surface area contributed by atoms with Gasteiger partial charge in [0.05, 0.1) is 4.83 Å². The molecular weight excluding hydrogens is 514 g/mol. The second-order valence-corrected chi connectivity index (χ2v) is 7.53. The van der Waals surface area contributed by atoms with Crippen LogP contribution in [0.5, 0.6) is 0 Å². The quantitative estimate of drug-likeness (QED) is 0.300. The zero-order valence-electron chi connectivity index (χ0n) is 8.93. The van der Waals surface area contributed by atoms with E-state index in [1.165, 1.54) is 9.13 Å². The van der Waals surface area contributed by atoms with Gasteiger partial charge in [-0.1, -0.05) is 61.1 Å². The van der Waals surface area contributed by atoms with Gasteiger partial charge in [0.2, 0.25) is 0 Å². The van der Waals surface area contributed by atoms with Crippen molar-refractivity contribution in [2.75, 3.05) is 0 Å². The van der Waals surface area contributed by atoms with Gasteiger partial charge in [-0.05, 0) is 64.0 Å². The van der Waals surface area contributed by atoms with Gasteiger partial charge in [0.15, 0.2) is 0 Å². The second-order valence-electron chi connectivity index (χ2n) is 3.69. The van der Waals surface area contributed by atoms with E-state index in [-0.39, 0.29) is 4.83 Å². The topological polar surface area (TPSA) is 0 Å². The second kappa shape index (κ2) is 6.44. The number of hydrogen-bond acceptors (Lipinski definition) is 0. The summed E-state index contributed by atoms with van der Waals surface area (Å²) < 4.78 is 2.23. The van der Waals surface area contributed by atoms with E-state index in [1.807, 2.05) is 18.2 Å². The summed E-state index contributed by atoms with van der Waals surface area (Å²) in [5.41, 5.74) is 2.19. The Kier molecular flexibility index (Phi) is 5.40. The highest BCUT2D eigenvalue weighted by atomic mass is 127. The standard InChI is InChI=1S/C13H7Br2Cl2I/c14-7-1-4-12(18)10(5-7)13(15)9-3-2-8(16)6-11(9)17/h1-6,13H. The Morgan fingerprint density at radius 3 is 2.39 bits per heavy atom. The van der Waals surface area contributed by atoms with Gasteiger partial charge in [0.1, 0.15) is 0 Å². The first-order chi connectivity index (χ1) is 8.49. The lowest BCUT2D eigenvalue weighted by Gasteiger charge is -2.15. The van der Waals surface area contributed by atoms with E-state index >= 15 is 0 Å². The fraction of sp³-hybridized carbons (Fsp3) is 0.0769. The first kappa shape index (κ1) is 15.1. The highest BCUT2D eigenvalue weighted by molar-refractivity contribution is 14.1. The predicted octanol–water partition coefficient (Wildman–Crippen LogP) is 6.84. The summed E-state index contributed by atoms with van der Waals surface area (Å²) in [5.74, 6) is 0. The minimum Gasteiger partial charge on any atom is -0.0843 e. The Bertz CT molecular complexity index is 587. The van der Waals surface area contributed by atoms with Crippen LogP contribution in [0.4, 0.5) is 0 Å². The molecule has 5 heteroatoms. The summed E-state index contributed by atoms with van der Waals surface area (Å²) in [6, 6.07) is 11.7. The summed E-state index contributed by atoms with van der Waals surface area (Å²) in [5, 5.41) is 1.31. The van der Waals surface area contributed by atoms with Crippen LogP contribution >= 0.6 is 77.7 Å². The smallest absolute Gasteiger partial charge is 0.0669 e. The van der Waals surface area contributed by atoms with E-state index in [4.69, 9.17) is 23.2 Å². The van der Waals surface area contributed by atoms with Gasteiger partial charge in [-0.3, -0.25) is 0 Å². The third kappa shape index (κ3) is 3.42. The van der Waals surface area contributed by atoms with Crippen LogP contribution in [-0.2, 0) is 0 Å². The van der Waals surface area contributed by atoms with Gasteiger partial charge in [0.25, 0.3) is 0 Å². The summed E-state index contributed by atoms with van der Waals surface area (Å²) in [6.07, 6.45) is 0. The molecule has 18 heavy (non-hydrogen) atoms. The molecular formula is C13H7Br2Cl2I. The molecule has 0 bridgehead atoms. The van der Waals surface area contributed by atoms with E-state index in [1.54, 1.807) is 6.07 Å². The first-order valence-corrected chi connectivity index (χ1v) is 8.57. The molecule has 0 aromatic heterocycles. The molecule has 2 aromatic rings. The molecule has 0 heterocycles. The normalized spacial score (nSPS) is 12.5. The molecule has 0 spiro atoms. The summed E-state index contributed by atoms with van der Waals surface area (Å²) >= 11 is 21.7. The Hall–Kier alpha value is 0.710. The lowest BCUT2D eigenvalue weighted by Crippen LogP contribution is -1.97. The summed E-state index contributed by atoms with van der Waals surface area (Å²) in [7, 11) is 0. The molecule has 2 rings (SSSR count). The van der Waals surface area contributed by atoms with Crippen LogP contribution in [0.2, 0.25) is 10.0 Å². The van der Waals surface area contributed by atoms with Gasteiger partial charge in [0, 0.05) is 18.1 Å². The van der Waals surface area contributed by atoms with Crippen molar-refractivity contribution in [2.24, 2.45) is 0 Å². The Morgan fingerprint density at radius 2 is 1.72 bits per heavy atom. The molecule has 0 radical (unpaired) electrons. The zero-order valence-corrected chi connectivity index (χ0v) is 15.8. The maximum Gasteiger partial charge on any atom is 0.0669 e. The van der Waals surface area contributed by atoms with Crippen LogP contribution in [0.25, 0.3) is 0 Å². The average molecular weight is 521 g/mol. The van der Waals surface area contributed by atoms with Gasteiger partial charge in [-0.25, -0.2) is 0 Å². The Labute approximate surface area is 146 Å². The number of halogens is 5. The molecule has 0 aliphatic heterocycles. The number of hydrogen-bond donors (Lipinski definition) is 0. The maximum atomic E-state index is 6.24. The van der Waals surface area contributed by atoms with Crippen molar-refractivity contribution in [3.63, 3.8) is 0 Å². The third-order valence-corrected chi connectivity index (χ3v) is 5.49. The van der Waals surface area contributed by atoms with Gasteiger partial charge >= 0.3 is 0 Å². The molecule has 0 saturated carbocycles. The van der Waals surface area contributed by atoms with Crippen LogP contribution < -0.4 is 0 Å². The van der Waals surface area contributed by atoms with Gasteiger partial charge < -0.3 is 0 Å². The third-order valence-electron chi connectivity index (χ3n) is 2.47. The molecule has 1 atom stereocenters. The SMILES string of the molecule is Clc1ccc(C(Br)c2cc(Br)ccc2I)c(Cl)c1. The molecule has 1 unspecified atom stereocenters. The number of rotatable bonds is 2. The van der Waals surface area contributed by atoms with Gasteiger partial charge in [-0.15, -0.1) is 0 Å². The van der Waals surface area contributed by atoms with Crippen molar-refractivity contribution in [3.8, 4) is 0 Å². The molecule has 0 fully saturated rings. The van der Waals surface area contributed by atoms with E-state index in [0.717, 1.165) is 10.0 Å². The first-order valence-electron chi connectivity index (χ1n) is 5.03. The van der Waals surface area contributed by atoms with Crippen molar-refractivity contribution in [1.29, 1.82) is 0 Å². The van der Waals surface area contributed by atoms with E-state index < -0.39 is 0 Å². The minimum atomic E-state index is 0.0478. The molecule has 0 aliphatic carbocycles. The largest absolute Gasteiger partial charge is 0.0843 e. The van der Waals surface area contributed by atoms with Crippen molar-refractivity contribution < 1.29 is 0 Å². The highest BCUT2D eigenvalue weighted by Gasteiger charge is 2.16. The monoisotopic (exact) mass is 518 g/mol. The lowest BCUT2D eigenvalue weighted by molar-refractivity contribution is 1.16. The van der Waals surface area contributed by atoms with Crippen molar-refractivity contribution in [1.82, 2.24) is 0 Å². The molecule has 0 N–H and O–H groups in total. The van der Waals surface area contributed by atoms with E-state index in [2.05, 4.69) is 66.6 Å². The van der Waals surface area contributed by atoms with Crippen LogP contribution in [0.15, 0.2) is 40.9 Å². The fourth-order valence-electron chi connectivity index (χ4n) is 1.58. The molecule has 2 aromatic carbocycles. The average Bonchev–Trinajstić information content (AvgIpc) is 2.31. The minimum absolute atomic E-state index is 0.0478. The molecule has 0 saturated heterocycles. The van der Waals surface area contributed by atoms with Crippen molar-refractivity contribution >= 4 is 77.7 Å². The number of alkyl halides is 1. The molecule has 0 amide bonds. The van der Waals surface area contributed by atoms with Crippen LogP contribution in [0, 0.1) is 3.57 Å². The fourth-order valence-corrected chi connectivity index (χ4v) is 4.46. The van der Waals surface area contributed by atoms with Crippen LogP contribution in [0.3, 0.4) is 0 Å². The van der Waals surface area contributed by atoms with Crippen LogP contribution in [0.1, 0.15) is 16.0 Å². The van der Waals surface area contributed by atoms with Crippen LogP contribution in [-0.4, -0.2) is 0 Å². The highest BCUT2D eigenvalue weighted by Crippen LogP contribution is 2.39. The van der Waals surface area contributed by atoms with Crippen molar-refractivity contribution in [2.45, 2.75) is 4.83 Å². The molecule has 0 aliphatic rings. The molecule has 0 nitrogen and oxygen atoms in total. The summed E-state index contributed by atoms with van der Waals surface area (Å²) in [6.45, 7) is 0. The van der Waals surface area contributed by atoms with Gasteiger partial charge in [-0.2, -0.15) is 0 Å². The van der Waals surface area contributed by atoms with E-state index in [0.29, 0.717) is 10.0 Å². The lowest BCUT2D eigenvalue weighted by atomic mass is 10.1. The van der Waals surface area contributed by atoms with E-state index in [9.17, 15) is 0 Å². The predicted molar refractivity (Wildman–Crippen MR) is 94.1 cm³/mol.